The largest absolute Gasteiger partial charge is 0.307 e. The van der Waals surface area contributed by atoms with Gasteiger partial charge in [-0.25, -0.2) is 0 Å². The van der Waals surface area contributed by atoms with E-state index >= 15 is 0 Å². The Kier molecular flexibility index (Phi) is 4.82. The fourth-order valence-electron chi connectivity index (χ4n) is 3.04. The average Bonchev–Trinajstić information content (AvgIpc) is 2.40. The Morgan fingerprint density at radius 1 is 1.11 bits per heavy atom. The van der Waals surface area contributed by atoms with Crippen LogP contribution in [0.3, 0.4) is 0 Å². The first-order valence-electron chi connectivity index (χ1n) is 7.51. The zero-order chi connectivity index (χ0) is 13.0. The van der Waals surface area contributed by atoms with Crippen molar-refractivity contribution in [1.82, 2.24) is 5.32 Å². The fourth-order valence-corrected chi connectivity index (χ4v) is 3.04. The van der Waals surface area contributed by atoms with Gasteiger partial charge in [-0.2, -0.15) is 0 Å². The first-order valence-corrected chi connectivity index (χ1v) is 7.51. The Bertz CT molecular complexity index is 346. The Labute approximate surface area is 112 Å². The van der Waals surface area contributed by atoms with Crippen molar-refractivity contribution in [2.24, 2.45) is 5.92 Å². The van der Waals surface area contributed by atoms with Gasteiger partial charge < -0.3 is 5.32 Å². The van der Waals surface area contributed by atoms with Crippen molar-refractivity contribution in [2.45, 2.75) is 65.0 Å². The highest BCUT2D eigenvalue weighted by Crippen LogP contribution is 2.28. The molecule has 0 heterocycles. The minimum Gasteiger partial charge on any atom is -0.307 e. The predicted octanol–water partition coefficient (Wildman–Crippen LogP) is 4.61. The molecule has 100 valence electrons. The van der Waals surface area contributed by atoms with Crippen LogP contribution in [0.5, 0.6) is 0 Å². The van der Waals surface area contributed by atoms with Gasteiger partial charge in [0.05, 0.1) is 0 Å². The molecule has 1 fully saturated rings. The van der Waals surface area contributed by atoms with Crippen LogP contribution < -0.4 is 5.32 Å². The van der Waals surface area contributed by atoms with Gasteiger partial charge in [-0.05, 0) is 51.0 Å². The summed E-state index contributed by atoms with van der Waals surface area (Å²) in [6.07, 6.45) is 6.90. The summed E-state index contributed by atoms with van der Waals surface area (Å²) in [5, 5.41) is 3.80. The molecule has 0 spiro atoms. The molecule has 1 nitrogen and oxygen atoms in total. The van der Waals surface area contributed by atoms with Gasteiger partial charge in [-0.3, -0.25) is 0 Å². The molecule has 1 heteroatoms. The standard InChI is InChI=1S/C17H27N/c1-4-15-7-11-17(12-8-15)18-14(3)16-9-5-13(2)6-10-16/h5-6,9-10,14-15,17-18H,4,7-8,11-12H2,1-3H3/t14-,15?,17?/m1/s1. The van der Waals surface area contributed by atoms with Gasteiger partial charge in [-0.15, -0.1) is 0 Å². The molecule has 1 aromatic carbocycles. The second kappa shape index (κ2) is 6.38. The van der Waals surface area contributed by atoms with Crippen LogP contribution in [0.1, 0.15) is 63.1 Å². The van der Waals surface area contributed by atoms with Crippen molar-refractivity contribution < 1.29 is 0 Å². The number of hydrogen-bond acceptors (Lipinski definition) is 1. The van der Waals surface area contributed by atoms with E-state index in [2.05, 4.69) is 50.4 Å². The zero-order valence-corrected chi connectivity index (χ0v) is 12.1. The lowest BCUT2D eigenvalue weighted by atomic mass is 9.84. The number of hydrogen-bond donors (Lipinski definition) is 1. The van der Waals surface area contributed by atoms with E-state index in [1.54, 1.807) is 0 Å². The average molecular weight is 245 g/mol. The van der Waals surface area contributed by atoms with Gasteiger partial charge in [0, 0.05) is 12.1 Å². The molecule has 0 saturated heterocycles. The SMILES string of the molecule is CCC1CCC(N[C@H](C)c2ccc(C)cc2)CC1. The van der Waals surface area contributed by atoms with E-state index in [1.165, 1.54) is 43.2 Å². The molecule has 1 aliphatic rings. The Hall–Kier alpha value is -0.820. The number of rotatable bonds is 4. The molecule has 2 rings (SSSR count). The molecular weight excluding hydrogens is 218 g/mol. The van der Waals surface area contributed by atoms with Crippen LogP contribution >= 0.6 is 0 Å². The molecule has 0 aliphatic heterocycles. The summed E-state index contributed by atoms with van der Waals surface area (Å²) >= 11 is 0. The lowest BCUT2D eigenvalue weighted by Crippen LogP contribution is -2.34. The highest BCUT2D eigenvalue weighted by molar-refractivity contribution is 5.23. The van der Waals surface area contributed by atoms with E-state index in [0.29, 0.717) is 6.04 Å². The molecule has 0 amide bonds. The lowest BCUT2D eigenvalue weighted by molar-refractivity contribution is 0.273. The summed E-state index contributed by atoms with van der Waals surface area (Å²) in [5.41, 5.74) is 2.76. The van der Waals surface area contributed by atoms with E-state index in [-0.39, 0.29) is 0 Å². The van der Waals surface area contributed by atoms with E-state index in [0.717, 1.165) is 12.0 Å². The van der Waals surface area contributed by atoms with Crippen molar-refractivity contribution >= 4 is 0 Å². The van der Waals surface area contributed by atoms with E-state index in [1.807, 2.05) is 0 Å². The van der Waals surface area contributed by atoms with E-state index in [9.17, 15) is 0 Å². The highest BCUT2D eigenvalue weighted by atomic mass is 14.9. The van der Waals surface area contributed by atoms with Gasteiger partial charge in [0.15, 0.2) is 0 Å². The third-order valence-electron chi connectivity index (χ3n) is 4.49. The Morgan fingerprint density at radius 2 is 1.72 bits per heavy atom. The maximum absolute atomic E-state index is 3.80. The van der Waals surface area contributed by atoms with Crippen LogP contribution in [0.15, 0.2) is 24.3 Å². The van der Waals surface area contributed by atoms with Crippen molar-refractivity contribution in [2.75, 3.05) is 0 Å². The summed E-state index contributed by atoms with van der Waals surface area (Å²) in [4.78, 5) is 0. The maximum Gasteiger partial charge on any atom is 0.0294 e. The summed E-state index contributed by atoms with van der Waals surface area (Å²) < 4.78 is 0. The van der Waals surface area contributed by atoms with Crippen molar-refractivity contribution in [3.05, 3.63) is 35.4 Å². The third-order valence-corrected chi connectivity index (χ3v) is 4.49. The molecule has 0 radical (unpaired) electrons. The van der Waals surface area contributed by atoms with Gasteiger partial charge in [-0.1, -0.05) is 43.2 Å². The monoisotopic (exact) mass is 245 g/mol. The van der Waals surface area contributed by atoms with Crippen LogP contribution in [0, 0.1) is 12.8 Å². The van der Waals surface area contributed by atoms with Crippen LogP contribution in [0.2, 0.25) is 0 Å². The molecular formula is C17H27N. The van der Waals surface area contributed by atoms with Crippen molar-refractivity contribution in [1.29, 1.82) is 0 Å². The molecule has 18 heavy (non-hydrogen) atoms. The van der Waals surface area contributed by atoms with Crippen LogP contribution in [0.25, 0.3) is 0 Å². The Balaban J connectivity index is 1.84. The molecule has 1 N–H and O–H groups in total. The number of benzene rings is 1. The van der Waals surface area contributed by atoms with Crippen molar-refractivity contribution in [3.63, 3.8) is 0 Å². The first kappa shape index (κ1) is 13.6. The van der Waals surface area contributed by atoms with Crippen molar-refractivity contribution in [3.8, 4) is 0 Å². The smallest absolute Gasteiger partial charge is 0.0294 e. The molecule has 0 aromatic heterocycles. The predicted molar refractivity (Wildman–Crippen MR) is 78.8 cm³/mol. The molecule has 1 aliphatic carbocycles. The minimum atomic E-state index is 0.480. The first-order chi connectivity index (χ1) is 8.69. The minimum absolute atomic E-state index is 0.480. The van der Waals surface area contributed by atoms with Gasteiger partial charge in [0.25, 0.3) is 0 Å². The molecule has 1 saturated carbocycles. The molecule has 0 unspecified atom stereocenters. The zero-order valence-electron chi connectivity index (χ0n) is 12.1. The van der Waals surface area contributed by atoms with Crippen LogP contribution in [-0.4, -0.2) is 6.04 Å². The molecule has 0 bridgehead atoms. The number of nitrogens with one attached hydrogen (secondary N) is 1. The van der Waals surface area contributed by atoms with E-state index < -0.39 is 0 Å². The Morgan fingerprint density at radius 3 is 2.28 bits per heavy atom. The highest BCUT2D eigenvalue weighted by Gasteiger charge is 2.21. The quantitative estimate of drug-likeness (QED) is 0.816. The van der Waals surface area contributed by atoms with Gasteiger partial charge >= 0.3 is 0 Å². The lowest BCUT2D eigenvalue weighted by Gasteiger charge is -2.31. The normalized spacial score (nSPS) is 25.9. The molecule has 1 atom stereocenters. The van der Waals surface area contributed by atoms with Gasteiger partial charge in [0.1, 0.15) is 0 Å². The summed E-state index contributed by atoms with van der Waals surface area (Å²) in [6, 6.07) is 10.1. The van der Waals surface area contributed by atoms with Crippen LogP contribution in [0.4, 0.5) is 0 Å². The van der Waals surface area contributed by atoms with Crippen LogP contribution in [-0.2, 0) is 0 Å². The fraction of sp³-hybridized carbons (Fsp3) is 0.647. The maximum atomic E-state index is 3.80. The summed E-state index contributed by atoms with van der Waals surface area (Å²) in [6.45, 7) is 6.76. The third kappa shape index (κ3) is 3.58. The summed E-state index contributed by atoms with van der Waals surface area (Å²) in [5.74, 6) is 0.984. The van der Waals surface area contributed by atoms with Gasteiger partial charge in [0.2, 0.25) is 0 Å². The number of aryl methyl sites for hydroxylation is 1. The van der Waals surface area contributed by atoms with E-state index in [4.69, 9.17) is 0 Å². The summed E-state index contributed by atoms with van der Waals surface area (Å²) in [7, 11) is 0. The topological polar surface area (TPSA) is 12.0 Å². The second-order valence-electron chi connectivity index (χ2n) is 5.92. The second-order valence-corrected chi connectivity index (χ2v) is 5.92. The molecule has 1 aromatic rings.